The number of Topliss-reactive ketones (excluding diaryl/α,β-unsaturated/α-hetero) is 1. The first kappa shape index (κ1) is 18.4. The molecule has 0 radical (unpaired) electrons. The number of rotatable bonds is 6. The summed E-state index contributed by atoms with van der Waals surface area (Å²) in [6.45, 7) is -0.0382. The van der Waals surface area contributed by atoms with Gasteiger partial charge in [0.1, 0.15) is 4.83 Å². The minimum Gasteiger partial charge on any atom is -0.493 e. The fraction of sp³-hybridized carbons (Fsp3) is 0.150. The summed E-state index contributed by atoms with van der Waals surface area (Å²) < 4.78 is 12.0. The third kappa shape index (κ3) is 3.21. The maximum absolute atomic E-state index is 13.1. The molecule has 0 bridgehead atoms. The molecular weight excluding hydrogens is 396 g/mol. The summed E-state index contributed by atoms with van der Waals surface area (Å²) in [6, 6.07) is 9.07. The fourth-order valence-electron chi connectivity index (χ4n) is 2.97. The molecule has 0 amide bonds. The minimum absolute atomic E-state index is 0.0382. The Labute approximate surface area is 168 Å². The Hall–Kier alpha value is -2.97. The molecule has 28 heavy (non-hydrogen) atoms. The molecule has 6 nitrogen and oxygen atoms in total. The summed E-state index contributed by atoms with van der Waals surface area (Å²) in [7, 11) is 3.14. The molecule has 0 atom stereocenters. The number of methoxy groups -OCH3 is 2. The van der Waals surface area contributed by atoms with E-state index in [1.807, 2.05) is 29.0 Å². The molecule has 3 heterocycles. The molecule has 0 saturated carbocycles. The number of ketones is 1. The number of fused-ring (bicyclic) bond motifs is 1. The molecule has 0 aliphatic rings. The highest BCUT2D eigenvalue weighted by molar-refractivity contribution is 7.17. The van der Waals surface area contributed by atoms with E-state index in [1.165, 1.54) is 33.6 Å². The van der Waals surface area contributed by atoms with Gasteiger partial charge in [-0.1, -0.05) is 12.1 Å². The van der Waals surface area contributed by atoms with E-state index in [2.05, 4.69) is 4.98 Å². The van der Waals surface area contributed by atoms with E-state index in [0.717, 1.165) is 11.1 Å². The van der Waals surface area contributed by atoms with Crippen LogP contribution in [0, 0.1) is 0 Å². The van der Waals surface area contributed by atoms with E-state index < -0.39 is 0 Å². The second-order valence-electron chi connectivity index (χ2n) is 5.98. The molecule has 8 heteroatoms. The largest absolute Gasteiger partial charge is 0.493 e. The van der Waals surface area contributed by atoms with E-state index in [1.54, 1.807) is 26.4 Å². The SMILES string of the molecule is COc1ccc(-c2csc3ncn(CC(=O)c4cccs4)c(=O)c23)cc1OC. The van der Waals surface area contributed by atoms with Gasteiger partial charge in [-0.2, -0.15) is 0 Å². The zero-order valence-electron chi connectivity index (χ0n) is 15.2. The summed E-state index contributed by atoms with van der Waals surface area (Å²) >= 11 is 2.75. The highest BCUT2D eigenvalue weighted by Crippen LogP contribution is 2.36. The molecule has 4 aromatic rings. The van der Waals surface area contributed by atoms with Crippen molar-refractivity contribution in [3.63, 3.8) is 0 Å². The Bertz CT molecular complexity index is 1210. The predicted molar refractivity (Wildman–Crippen MR) is 111 cm³/mol. The zero-order valence-corrected chi connectivity index (χ0v) is 16.8. The monoisotopic (exact) mass is 412 g/mol. The predicted octanol–water partition coefficient (Wildman–Crippen LogP) is 4.09. The van der Waals surface area contributed by atoms with E-state index in [9.17, 15) is 9.59 Å². The molecule has 0 fully saturated rings. The van der Waals surface area contributed by atoms with Gasteiger partial charge >= 0.3 is 0 Å². The summed E-state index contributed by atoms with van der Waals surface area (Å²) in [5.74, 6) is 1.08. The lowest BCUT2D eigenvalue weighted by atomic mass is 10.1. The first-order valence-electron chi connectivity index (χ1n) is 8.38. The minimum atomic E-state index is -0.235. The average molecular weight is 412 g/mol. The van der Waals surface area contributed by atoms with Crippen LogP contribution in [-0.4, -0.2) is 29.6 Å². The Balaban J connectivity index is 1.79. The van der Waals surface area contributed by atoms with Crippen LogP contribution in [0.5, 0.6) is 11.5 Å². The number of hydrogen-bond donors (Lipinski definition) is 0. The van der Waals surface area contributed by atoms with Gasteiger partial charge in [0.25, 0.3) is 5.56 Å². The summed E-state index contributed by atoms with van der Waals surface area (Å²) in [5, 5.41) is 4.23. The fourth-order valence-corrected chi connectivity index (χ4v) is 4.53. The lowest BCUT2D eigenvalue weighted by Gasteiger charge is -2.09. The number of nitrogens with zero attached hydrogens (tertiary/aromatic N) is 2. The first-order chi connectivity index (χ1) is 13.6. The number of thiophene rings is 2. The van der Waals surface area contributed by atoms with Crippen molar-refractivity contribution in [3.8, 4) is 22.6 Å². The van der Waals surface area contributed by atoms with Crippen molar-refractivity contribution < 1.29 is 14.3 Å². The van der Waals surface area contributed by atoms with E-state index in [-0.39, 0.29) is 17.9 Å². The molecule has 142 valence electrons. The molecule has 0 N–H and O–H groups in total. The molecule has 0 unspecified atom stereocenters. The Morgan fingerprint density at radius 1 is 1.14 bits per heavy atom. The Morgan fingerprint density at radius 3 is 2.68 bits per heavy atom. The molecule has 0 aliphatic heterocycles. The highest BCUT2D eigenvalue weighted by Gasteiger charge is 2.17. The van der Waals surface area contributed by atoms with Crippen LogP contribution in [0.2, 0.25) is 0 Å². The third-order valence-electron chi connectivity index (χ3n) is 4.37. The maximum atomic E-state index is 13.1. The maximum Gasteiger partial charge on any atom is 0.263 e. The highest BCUT2D eigenvalue weighted by atomic mass is 32.1. The topological polar surface area (TPSA) is 70.4 Å². The molecule has 1 aromatic carbocycles. The van der Waals surface area contributed by atoms with Crippen molar-refractivity contribution in [2.75, 3.05) is 14.2 Å². The summed E-state index contributed by atoms with van der Waals surface area (Å²) in [6.07, 6.45) is 1.44. The van der Waals surface area contributed by atoms with Gasteiger partial charge in [-0.05, 0) is 29.1 Å². The molecular formula is C20H16N2O4S2. The number of aromatic nitrogens is 2. The van der Waals surface area contributed by atoms with Crippen LogP contribution >= 0.6 is 22.7 Å². The van der Waals surface area contributed by atoms with Gasteiger partial charge in [-0.15, -0.1) is 22.7 Å². The van der Waals surface area contributed by atoms with E-state index in [4.69, 9.17) is 9.47 Å². The molecule has 0 spiro atoms. The van der Waals surface area contributed by atoms with Crippen molar-refractivity contribution in [1.29, 1.82) is 0 Å². The van der Waals surface area contributed by atoms with E-state index in [0.29, 0.717) is 26.6 Å². The van der Waals surface area contributed by atoms with Crippen LogP contribution in [0.3, 0.4) is 0 Å². The third-order valence-corrected chi connectivity index (χ3v) is 6.16. The Morgan fingerprint density at radius 2 is 1.96 bits per heavy atom. The van der Waals surface area contributed by atoms with Gasteiger partial charge in [0, 0.05) is 10.9 Å². The number of benzene rings is 1. The van der Waals surface area contributed by atoms with Crippen LogP contribution in [0.25, 0.3) is 21.3 Å². The average Bonchev–Trinajstić information content (AvgIpc) is 3.39. The van der Waals surface area contributed by atoms with Crippen LogP contribution in [-0.2, 0) is 6.54 Å². The first-order valence-corrected chi connectivity index (χ1v) is 10.1. The van der Waals surface area contributed by atoms with Crippen molar-refractivity contribution >= 4 is 38.7 Å². The Kier molecular flexibility index (Phi) is 4.97. The molecule has 4 rings (SSSR count). The van der Waals surface area contributed by atoms with Gasteiger partial charge < -0.3 is 9.47 Å². The molecule has 0 aliphatic carbocycles. The lowest BCUT2D eigenvalue weighted by molar-refractivity contribution is 0.0974. The van der Waals surface area contributed by atoms with Gasteiger partial charge in [0.2, 0.25) is 0 Å². The number of hydrogen-bond acceptors (Lipinski definition) is 7. The molecule has 0 saturated heterocycles. The van der Waals surface area contributed by atoms with Crippen molar-refractivity contribution in [2.24, 2.45) is 0 Å². The van der Waals surface area contributed by atoms with E-state index >= 15 is 0 Å². The van der Waals surface area contributed by atoms with Crippen LogP contribution in [0.4, 0.5) is 0 Å². The summed E-state index contributed by atoms with van der Waals surface area (Å²) in [4.78, 5) is 31.1. The lowest BCUT2D eigenvalue weighted by Crippen LogP contribution is -2.24. The van der Waals surface area contributed by atoms with Crippen LogP contribution in [0.1, 0.15) is 9.67 Å². The van der Waals surface area contributed by atoms with Crippen LogP contribution < -0.4 is 15.0 Å². The second kappa shape index (κ2) is 7.57. The number of ether oxygens (including phenoxy) is 2. The standard InChI is InChI=1S/C20H16N2O4S2/c1-25-15-6-5-12(8-16(15)26-2)13-10-28-19-18(13)20(24)22(11-21-19)9-14(23)17-4-3-7-27-17/h3-8,10-11H,9H2,1-2H3. The number of carbonyl (C=O) groups is 1. The van der Waals surface area contributed by atoms with Crippen molar-refractivity contribution in [3.05, 3.63) is 62.7 Å². The van der Waals surface area contributed by atoms with Crippen molar-refractivity contribution in [1.82, 2.24) is 9.55 Å². The second-order valence-corrected chi connectivity index (χ2v) is 7.78. The number of carbonyl (C=O) groups excluding carboxylic acids is 1. The van der Waals surface area contributed by atoms with Gasteiger partial charge in [-0.3, -0.25) is 14.2 Å². The van der Waals surface area contributed by atoms with Gasteiger partial charge in [-0.25, -0.2) is 4.98 Å². The van der Waals surface area contributed by atoms with Crippen molar-refractivity contribution in [2.45, 2.75) is 6.54 Å². The summed E-state index contributed by atoms with van der Waals surface area (Å²) in [5.41, 5.74) is 1.35. The smallest absolute Gasteiger partial charge is 0.263 e. The van der Waals surface area contributed by atoms with Gasteiger partial charge in [0.15, 0.2) is 17.3 Å². The van der Waals surface area contributed by atoms with Gasteiger partial charge in [0.05, 0.1) is 37.4 Å². The van der Waals surface area contributed by atoms with Crippen LogP contribution in [0.15, 0.2) is 52.2 Å². The normalized spacial score (nSPS) is 10.9. The molecule has 3 aromatic heterocycles. The quantitative estimate of drug-likeness (QED) is 0.446. The zero-order chi connectivity index (χ0) is 19.7.